The molecule has 0 saturated heterocycles. The Labute approximate surface area is 121 Å². The summed E-state index contributed by atoms with van der Waals surface area (Å²) in [7, 11) is 0. The molecule has 110 valence electrons. The third-order valence-electron chi connectivity index (χ3n) is 2.87. The van der Waals surface area contributed by atoms with Crippen molar-refractivity contribution in [2.45, 2.75) is 20.4 Å². The molecule has 7 heteroatoms. The molecule has 0 bridgehead atoms. The maximum absolute atomic E-state index is 11.3. The number of nitro benzene ring substituents is 1. The van der Waals surface area contributed by atoms with Gasteiger partial charge in [-0.3, -0.25) is 14.8 Å². The molecule has 0 atom stereocenters. The van der Waals surface area contributed by atoms with Crippen LogP contribution in [0.5, 0.6) is 0 Å². The van der Waals surface area contributed by atoms with Crippen LogP contribution in [-0.2, 0) is 6.54 Å². The molecule has 0 spiro atoms. The van der Waals surface area contributed by atoms with Crippen molar-refractivity contribution in [2.75, 3.05) is 0 Å². The summed E-state index contributed by atoms with van der Waals surface area (Å²) in [4.78, 5) is 21.6. The lowest BCUT2D eigenvalue weighted by atomic mass is 10.1. The molecule has 0 fully saturated rings. The van der Waals surface area contributed by atoms with Gasteiger partial charge in [-0.1, -0.05) is 26.0 Å². The van der Waals surface area contributed by atoms with E-state index in [0.717, 1.165) is 0 Å². The van der Waals surface area contributed by atoms with Gasteiger partial charge in [0.1, 0.15) is 11.3 Å². The van der Waals surface area contributed by atoms with Gasteiger partial charge in [0.15, 0.2) is 0 Å². The quantitative estimate of drug-likeness (QED) is 0.674. The lowest BCUT2D eigenvalue weighted by Gasteiger charge is -2.03. The molecule has 1 aromatic heterocycles. The van der Waals surface area contributed by atoms with E-state index in [4.69, 9.17) is 0 Å². The first-order valence-corrected chi connectivity index (χ1v) is 6.44. The van der Waals surface area contributed by atoms with E-state index in [0.29, 0.717) is 18.0 Å². The molecule has 0 radical (unpaired) electrons. The number of non-ortho nitro benzene ring substituents is 1. The summed E-state index contributed by atoms with van der Waals surface area (Å²) in [6.45, 7) is 4.57. The Balaban J connectivity index is 2.51. The Hall–Kier alpha value is -2.70. The molecule has 7 nitrogen and oxygen atoms in total. The number of aromatic carboxylic acids is 1. The fourth-order valence-electron chi connectivity index (χ4n) is 2.03. The lowest BCUT2D eigenvalue weighted by molar-refractivity contribution is -0.384. The van der Waals surface area contributed by atoms with Gasteiger partial charge < -0.3 is 5.11 Å². The van der Waals surface area contributed by atoms with Crippen molar-refractivity contribution in [3.63, 3.8) is 0 Å². The van der Waals surface area contributed by atoms with Crippen LogP contribution in [0.4, 0.5) is 5.69 Å². The highest BCUT2D eigenvalue weighted by Gasteiger charge is 2.19. The predicted molar refractivity (Wildman–Crippen MR) is 76.1 cm³/mol. The van der Waals surface area contributed by atoms with Crippen molar-refractivity contribution in [3.05, 3.63) is 46.1 Å². The van der Waals surface area contributed by atoms with Gasteiger partial charge in [-0.2, -0.15) is 5.10 Å². The second-order valence-corrected chi connectivity index (χ2v) is 5.12. The number of carboxylic acid groups (broad SMARTS) is 1. The van der Waals surface area contributed by atoms with E-state index in [-0.39, 0.29) is 16.9 Å². The summed E-state index contributed by atoms with van der Waals surface area (Å²) in [6.07, 6.45) is 1.45. The van der Waals surface area contributed by atoms with Crippen LogP contribution in [0.2, 0.25) is 0 Å². The van der Waals surface area contributed by atoms with E-state index < -0.39 is 10.9 Å². The Bertz CT molecular complexity index is 691. The van der Waals surface area contributed by atoms with E-state index in [9.17, 15) is 20.0 Å². The van der Waals surface area contributed by atoms with Crippen molar-refractivity contribution in [1.82, 2.24) is 9.78 Å². The summed E-state index contributed by atoms with van der Waals surface area (Å²) in [5.74, 6) is -0.795. The second-order valence-electron chi connectivity index (χ2n) is 5.12. The van der Waals surface area contributed by atoms with Crippen molar-refractivity contribution < 1.29 is 14.8 Å². The topological polar surface area (TPSA) is 98.3 Å². The van der Waals surface area contributed by atoms with Gasteiger partial charge in [-0.05, 0) is 5.92 Å². The van der Waals surface area contributed by atoms with Crippen molar-refractivity contribution >= 4 is 11.7 Å². The van der Waals surface area contributed by atoms with Gasteiger partial charge in [-0.25, -0.2) is 4.79 Å². The number of carboxylic acids is 1. The van der Waals surface area contributed by atoms with Gasteiger partial charge >= 0.3 is 5.97 Å². The largest absolute Gasteiger partial charge is 0.478 e. The molecule has 2 rings (SSSR count). The minimum Gasteiger partial charge on any atom is -0.478 e. The Morgan fingerprint density at radius 1 is 1.48 bits per heavy atom. The molecule has 0 aliphatic rings. The zero-order chi connectivity index (χ0) is 15.6. The van der Waals surface area contributed by atoms with E-state index in [1.165, 1.54) is 24.4 Å². The van der Waals surface area contributed by atoms with Crippen LogP contribution in [0.25, 0.3) is 11.3 Å². The SMILES string of the molecule is CC(C)Cn1cc(C(=O)O)c(-c2cccc([N+](=O)[O-])c2)n1. The summed E-state index contributed by atoms with van der Waals surface area (Å²) in [5, 5.41) is 24.3. The number of rotatable bonds is 5. The fraction of sp³-hybridized carbons (Fsp3) is 0.286. The predicted octanol–water partition coefficient (Wildman–Crippen LogP) is 2.81. The molecule has 1 heterocycles. The summed E-state index contributed by atoms with van der Waals surface area (Å²) >= 11 is 0. The highest BCUT2D eigenvalue weighted by atomic mass is 16.6. The van der Waals surface area contributed by atoms with Crippen molar-refractivity contribution in [3.8, 4) is 11.3 Å². The van der Waals surface area contributed by atoms with Crippen LogP contribution < -0.4 is 0 Å². The summed E-state index contributed by atoms with van der Waals surface area (Å²) in [6, 6.07) is 5.81. The van der Waals surface area contributed by atoms with E-state index >= 15 is 0 Å². The highest BCUT2D eigenvalue weighted by Crippen LogP contribution is 2.26. The molecule has 2 aromatic rings. The number of carbonyl (C=O) groups is 1. The first-order valence-electron chi connectivity index (χ1n) is 6.44. The zero-order valence-electron chi connectivity index (χ0n) is 11.7. The Kier molecular flexibility index (Phi) is 4.02. The maximum Gasteiger partial charge on any atom is 0.339 e. The van der Waals surface area contributed by atoms with Gasteiger partial charge in [0.05, 0.1) is 4.92 Å². The van der Waals surface area contributed by atoms with Gasteiger partial charge in [0.2, 0.25) is 0 Å². The van der Waals surface area contributed by atoms with Crippen molar-refractivity contribution in [2.24, 2.45) is 5.92 Å². The van der Waals surface area contributed by atoms with Crippen LogP contribution in [-0.4, -0.2) is 25.8 Å². The molecule has 21 heavy (non-hydrogen) atoms. The number of hydrogen-bond donors (Lipinski definition) is 1. The maximum atomic E-state index is 11.3. The standard InChI is InChI=1S/C14H15N3O4/c1-9(2)7-16-8-12(14(18)19)13(15-16)10-4-3-5-11(6-10)17(20)21/h3-6,8-9H,7H2,1-2H3,(H,18,19). The Morgan fingerprint density at radius 3 is 2.76 bits per heavy atom. The number of aromatic nitrogens is 2. The highest BCUT2D eigenvalue weighted by molar-refractivity contribution is 5.94. The molecular formula is C14H15N3O4. The van der Waals surface area contributed by atoms with Crippen LogP contribution in [0.3, 0.4) is 0 Å². The fourth-order valence-corrected chi connectivity index (χ4v) is 2.03. The molecule has 1 N–H and O–H groups in total. The zero-order valence-corrected chi connectivity index (χ0v) is 11.7. The normalized spacial score (nSPS) is 10.8. The van der Waals surface area contributed by atoms with Gasteiger partial charge in [0, 0.05) is 30.4 Å². The minimum atomic E-state index is -1.11. The van der Waals surface area contributed by atoms with Gasteiger partial charge in [-0.15, -0.1) is 0 Å². The monoisotopic (exact) mass is 289 g/mol. The third-order valence-corrected chi connectivity index (χ3v) is 2.87. The first-order chi connectivity index (χ1) is 9.88. The van der Waals surface area contributed by atoms with E-state index in [1.807, 2.05) is 13.8 Å². The average molecular weight is 289 g/mol. The van der Waals surface area contributed by atoms with Crippen LogP contribution in [0.1, 0.15) is 24.2 Å². The number of benzene rings is 1. The molecule has 0 saturated carbocycles. The molecule has 0 aliphatic carbocycles. The lowest BCUT2D eigenvalue weighted by Crippen LogP contribution is -2.04. The molecular weight excluding hydrogens is 274 g/mol. The average Bonchev–Trinajstić information content (AvgIpc) is 2.82. The molecule has 0 aliphatic heterocycles. The van der Waals surface area contributed by atoms with Crippen LogP contribution >= 0.6 is 0 Å². The minimum absolute atomic E-state index is 0.0381. The van der Waals surface area contributed by atoms with E-state index in [1.54, 1.807) is 10.7 Å². The number of nitrogens with zero attached hydrogens (tertiary/aromatic N) is 3. The number of nitro groups is 1. The molecule has 0 unspecified atom stereocenters. The van der Waals surface area contributed by atoms with E-state index in [2.05, 4.69) is 5.10 Å². The molecule has 1 aromatic carbocycles. The van der Waals surface area contributed by atoms with Gasteiger partial charge in [0.25, 0.3) is 5.69 Å². The summed E-state index contributed by atoms with van der Waals surface area (Å²) < 4.78 is 1.56. The van der Waals surface area contributed by atoms with Crippen LogP contribution in [0, 0.1) is 16.0 Å². The molecule has 0 amide bonds. The van der Waals surface area contributed by atoms with Crippen molar-refractivity contribution in [1.29, 1.82) is 0 Å². The second kappa shape index (κ2) is 5.74. The van der Waals surface area contributed by atoms with Crippen LogP contribution in [0.15, 0.2) is 30.5 Å². The Morgan fingerprint density at radius 2 is 2.19 bits per heavy atom. The first kappa shape index (κ1) is 14.7. The third kappa shape index (κ3) is 3.25. The summed E-state index contributed by atoms with van der Waals surface area (Å²) in [5.41, 5.74) is 0.606. The number of hydrogen-bond acceptors (Lipinski definition) is 4. The smallest absolute Gasteiger partial charge is 0.339 e.